The van der Waals surface area contributed by atoms with Gasteiger partial charge in [-0.2, -0.15) is 0 Å². The van der Waals surface area contributed by atoms with Crippen molar-refractivity contribution in [2.24, 2.45) is 5.92 Å². The maximum atomic E-state index is 14.1. The van der Waals surface area contributed by atoms with Crippen LogP contribution in [0.25, 0.3) is 0 Å². The first-order valence-electron chi connectivity index (χ1n) is 18.2. The molecule has 15 heteroatoms. The van der Waals surface area contributed by atoms with E-state index < -0.39 is 27.8 Å². The third-order valence-electron chi connectivity index (χ3n) is 11.0. The zero-order chi connectivity index (χ0) is 37.8. The van der Waals surface area contributed by atoms with Gasteiger partial charge in [0.25, 0.3) is 5.91 Å². The Morgan fingerprint density at radius 2 is 1.73 bits per heavy atom. The van der Waals surface area contributed by atoms with Crippen LogP contribution in [-0.4, -0.2) is 133 Å². The summed E-state index contributed by atoms with van der Waals surface area (Å²) in [7, 11) is 2.65. The van der Waals surface area contributed by atoms with Crippen LogP contribution in [0.1, 0.15) is 62.6 Å². The molecule has 0 saturated carbocycles. The van der Waals surface area contributed by atoms with Crippen molar-refractivity contribution < 1.29 is 37.8 Å². The molecular formula is C37H52BN5O8S. The van der Waals surface area contributed by atoms with Crippen LogP contribution in [0.2, 0.25) is 0 Å². The minimum atomic E-state index is -3.39. The van der Waals surface area contributed by atoms with Crippen molar-refractivity contribution in [1.82, 2.24) is 19.0 Å². The molecule has 13 nitrogen and oxygen atoms in total. The predicted octanol–water partition coefficient (Wildman–Crippen LogP) is 2.76. The zero-order valence-electron chi connectivity index (χ0n) is 30.7. The summed E-state index contributed by atoms with van der Waals surface area (Å²) >= 11 is 0. The lowest BCUT2D eigenvalue weighted by Crippen LogP contribution is -2.52. The summed E-state index contributed by atoms with van der Waals surface area (Å²) in [4.78, 5) is 45.9. The first kappa shape index (κ1) is 39.4. The fourth-order valence-electron chi connectivity index (χ4n) is 7.73. The molecule has 2 aromatic carbocycles. The van der Waals surface area contributed by atoms with E-state index in [-0.39, 0.29) is 54.5 Å². The number of aliphatic hydroxyl groups is 1. The molecule has 0 spiro atoms. The molecule has 0 bridgehead atoms. The minimum Gasteiger partial charge on any atom is -0.508 e. The monoisotopic (exact) mass is 737 g/mol. The molecule has 1 unspecified atom stereocenters. The van der Waals surface area contributed by atoms with Crippen LogP contribution in [0.5, 0.6) is 5.75 Å². The van der Waals surface area contributed by atoms with E-state index >= 15 is 0 Å². The Bertz CT molecular complexity index is 1700. The van der Waals surface area contributed by atoms with Crippen LogP contribution < -0.4 is 10.8 Å². The number of anilines is 1. The van der Waals surface area contributed by atoms with E-state index in [1.54, 1.807) is 42.7 Å². The second kappa shape index (κ2) is 16.5. The number of sulfonamides is 1. The Morgan fingerprint density at radius 3 is 2.37 bits per heavy atom. The Hall–Kier alpha value is -3.82. The van der Waals surface area contributed by atoms with Gasteiger partial charge in [0.05, 0.1) is 11.9 Å². The number of benzene rings is 2. The summed E-state index contributed by atoms with van der Waals surface area (Å²) in [5, 5.41) is 24.6. The molecule has 52 heavy (non-hydrogen) atoms. The second-order valence-corrected chi connectivity index (χ2v) is 16.6. The Morgan fingerprint density at radius 1 is 1.08 bits per heavy atom. The lowest BCUT2D eigenvalue weighted by molar-refractivity contribution is -0.144. The SMILES string of the molecule is [B]c1cc(C[C@@H](OC(=O)N2CCC(N3CCc4ccccc4NC3=O)CC2)C(=O)N2CCC(C(C)(O)CCN(CC)S(C)(=O)=O)CC2)cc(C)c1O. The first-order valence-corrected chi connectivity index (χ1v) is 20.1. The molecule has 3 heterocycles. The lowest BCUT2D eigenvalue weighted by Gasteiger charge is -2.41. The van der Waals surface area contributed by atoms with Crippen LogP contribution in [0, 0.1) is 12.8 Å². The fourth-order valence-corrected chi connectivity index (χ4v) is 8.62. The number of nitrogens with zero attached hydrogens (tertiary/aromatic N) is 4. The highest BCUT2D eigenvalue weighted by molar-refractivity contribution is 7.88. The van der Waals surface area contributed by atoms with Crippen LogP contribution in [-0.2, 0) is 32.4 Å². The molecular weight excluding hydrogens is 685 g/mol. The number of phenols is 1. The number of hydrogen-bond donors (Lipinski definition) is 3. The van der Waals surface area contributed by atoms with Crippen molar-refractivity contribution >= 4 is 47.1 Å². The molecule has 2 saturated heterocycles. The van der Waals surface area contributed by atoms with E-state index in [0.29, 0.717) is 76.1 Å². The molecule has 5 rings (SSSR count). The normalized spacial score (nSPS) is 19.4. The summed E-state index contributed by atoms with van der Waals surface area (Å²) in [5.41, 5.74) is 2.11. The van der Waals surface area contributed by atoms with Gasteiger partial charge in [-0.3, -0.25) is 4.79 Å². The quantitative estimate of drug-likeness (QED) is 0.297. The molecule has 282 valence electrons. The number of rotatable bonds is 11. The average Bonchev–Trinajstić information content (AvgIpc) is 3.27. The number of aryl methyl sites for hydroxylation is 1. The first-order chi connectivity index (χ1) is 24.6. The van der Waals surface area contributed by atoms with Crippen LogP contribution in [0.3, 0.4) is 0 Å². The largest absolute Gasteiger partial charge is 0.508 e. The second-order valence-electron chi connectivity index (χ2n) is 14.6. The van der Waals surface area contributed by atoms with Gasteiger partial charge in [-0.15, -0.1) is 0 Å². The number of carbonyl (C=O) groups excluding carboxylic acids is 3. The zero-order valence-corrected chi connectivity index (χ0v) is 31.5. The molecule has 2 fully saturated rings. The van der Waals surface area contributed by atoms with Crippen molar-refractivity contribution in [3.05, 3.63) is 53.1 Å². The van der Waals surface area contributed by atoms with E-state index in [9.17, 15) is 33.0 Å². The number of fused-ring (bicyclic) bond motifs is 1. The van der Waals surface area contributed by atoms with E-state index in [1.165, 1.54) is 4.31 Å². The highest BCUT2D eigenvalue weighted by Crippen LogP contribution is 2.32. The molecule has 3 N–H and O–H groups in total. The molecule has 0 aromatic heterocycles. The lowest BCUT2D eigenvalue weighted by atomic mass is 9.79. The summed E-state index contributed by atoms with van der Waals surface area (Å²) in [6.45, 7) is 7.67. The van der Waals surface area contributed by atoms with Gasteiger partial charge in [0, 0.05) is 64.0 Å². The molecule has 4 amide bonds. The summed E-state index contributed by atoms with van der Waals surface area (Å²) in [5.74, 6) is -0.557. The number of piperidine rings is 2. The third kappa shape index (κ3) is 9.39. The summed E-state index contributed by atoms with van der Waals surface area (Å²) in [6, 6.07) is 10.9. The van der Waals surface area contributed by atoms with Crippen LogP contribution in [0.15, 0.2) is 36.4 Å². The topological polar surface area (TPSA) is 160 Å². The predicted molar refractivity (Wildman–Crippen MR) is 199 cm³/mol. The number of para-hydroxylation sites is 1. The maximum Gasteiger partial charge on any atom is 0.410 e. The highest BCUT2D eigenvalue weighted by atomic mass is 32.2. The fraction of sp³-hybridized carbons (Fsp3) is 0.595. The summed E-state index contributed by atoms with van der Waals surface area (Å²) in [6.07, 6.45) is 2.57. The van der Waals surface area contributed by atoms with Crippen molar-refractivity contribution in [2.45, 2.75) is 83.5 Å². The molecule has 2 radical (unpaired) electrons. The molecule has 3 aliphatic rings. The van der Waals surface area contributed by atoms with Crippen molar-refractivity contribution in [2.75, 3.05) is 57.4 Å². The van der Waals surface area contributed by atoms with Gasteiger partial charge in [0.2, 0.25) is 10.0 Å². The molecule has 3 aliphatic heterocycles. The molecule has 2 atom stereocenters. The van der Waals surface area contributed by atoms with Gasteiger partial charge >= 0.3 is 12.1 Å². The number of likely N-dealkylation sites (tertiary alicyclic amines) is 2. The standard InChI is InChI=1S/C37H52BN5O8S/c1-5-42(52(4,49)50)21-15-37(3,48)28-11-16-40(17-12-28)34(45)32(24-26-22-25(2)33(44)30(38)23-26)51-36(47)41-18-13-29(14-19-41)43-20-10-27-8-6-7-9-31(27)39-35(43)46/h6-9,22-23,28-29,32,44,48H,5,10-21,24H2,1-4H3,(H,39,46)/t32-,37?/m1/s1. The van der Waals surface area contributed by atoms with Crippen molar-refractivity contribution in [3.8, 4) is 5.75 Å². The number of phenolic OH excluding ortho intramolecular Hbond substituents is 1. The number of carbonyl (C=O) groups is 3. The number of nitrogens with one attached hydrogen (secondary N) is 1. The van der Waals surface area contributed by atoms with E-state index in [4.69, 9.17) is 12.6 Å². The van der Waals surface area contributed by atoms with Gasteiger partial charge in [-0.05, 0) is 81.0 Å². The third-order valence-corrected chi connectivity index (χ3v) is 12.4. The van der Waals surface area contributed by atoms with Gasteiger partial charge in [-0.25, -0.2) is 22.3 Å². The number of hydrogen-bond acceptors (Lipinski definition) is 8. The van der Waals surface area contributed by atoms with Crippen LogP contribution >= 0.6 is 0 Å². The van der Waals surface area contributed by atoms with Gasteiger partial charge in [-0.1, -0.05) is 42.7 Å². The van der Waals surface area contributed by atoms with Gasteiger partial charge in [0.1, 0.15) is 13.6 Å². The summed E-state index contributed by atoms with van der Waals surface area (Å²) < 4.78 is 31.4. The van der Waals surface area contributed by atoms with Crippen molar-refractivity contribution in [1.29, 1.82) is 0 Å². The highest BCUT2D eigenvalue weighted by Gasteiger charge is 2.39. The minimum absolute atomic E-state index is 0.0406. The van der Waals surface area contributed by atoms with Gasteiger partial charge < -0.3 is 35.0 Å². The number of ether oxygens (including phenoxy) is 1. The Labute approximate surface area is 308 Å². The Kier molecular flexibility index (Phi) is 12.5. The maximum absolute atomic E-state index is 14.1. The number of urea groups is 1. The number of aromatic hydroxyl groups is 1. The molecule has 2 aromatic rings. The molecule has 0 aliphatic carbocycles. The average molecular weight is 738 g/mol. The van der Waals surface area contributed by atoms with E-state index in [1.807, 2.05) is 29.2 Å². The van der Waals surface area contributed by atoms with Gasteiger partial charge in [0.15, 0.2) is 6.10 Å². The van der Waals surface area contributed by atoms with Crippen molar-refractivity contribution in [3.63, 3.8) is 0 Å². The Balaban J connectivity index is 1.22. The van der Waals surface area contributed by atoms with Crippen LogP contribution in [0.4, 0.5) is 15.3 Å². The smallest absolute Gasteiger partial charge is 0.410 e. The van der Waals surface area contributed by atoms with E-state index in [2.05, 4.69) is 5.32 Å². The number of amides is 4. The van der Waals surface area contributed by atoms with E-state index in [0.717, 1.165) is 23.9 Å².